The van der Waals surface area contributed by atoms with E-state index in [0.29, 0.717) is 0 Å². The van der Waals surface area contributed by atoms with Crippen LogP contribution in [0, 0.1) is 23.7 Å². The Kier molecular flexibility index (Phi) is 1.21. The summed E-state index contributed by atoms with van der Waals surface area (Å²) in [6.07, 6.45) is 12.5. The fraction of sp³-hybridized carbons (Fsp3) is 0.818. The van der Waals surface area contributed by atoms with Crippen LogP contribution in [0.15, 0.2) is 12.2 Å². The molecule has 11 heavy (non-hydrogen) atoms. The number of allylic oxidation sites excluding steroid dienone is 2. The molecule has 0 aromatic rings. The van der Waals surface area contributed by atoms with Crippen LogP contribution in [0.4, 0.5) is 0 Å². The second-order valence-corrected chi connectivity index (χ2v) is 4.58. The maximum Gasteiger partial charge on any atom is -0.0171 e. The molecule has 3 fully saturated rings. The summed E-state index contributed by atoms with van der Waals surface area (Å²) in [7, 11) is 0. The highest BCUT2D eigenvalue weighted by atomic mass is 14.5. The lowest BCUT2D eigenvalue weighted by atomic mass is 9.60. The summed E-state index contributed by atoms with van der Waals surface area (Å²) in [5.74, 6) is 4.30. The van der Waals surface area contributed by atoms with Gasteiger partial charge in [0.15, 0.2) is 0 Å². The van der Waals surface area contributed by atoms with E-state index in [1.54, 1.807) is 12.8 Å². The van der Waals surface area contributed by atoms with Gasteiger partial charge >= 0.3 is 0 Å². The minimum atomic E-state index is 1.02. The van der Waals surface area contributed by atoms with Gasteiger partial charge in [0, 0.05) is 0 Å². The predicted octanol–water partition coefficient (Wildman–Crippen LogP) is 3.00. The normalized spacial score (nSPS) is 53.1. The van der Waals surface area contributed by atoms with Crippen LogP contribution >= 0.6 is 0 Å². The van der Waals surface area contributed by atoms with Gasteiger partial charge in [0.1, 0.15) is 0 Å². The molecule has 0 aromatic carbocycles. The lowest BCUT2D eigenvalue weighted by Crippen LogP contribution is -2.36. The molecule has 2 atom stereocenters. The summed E-state index contributed by atoms with van der Waals surface area (Å²) in [6, 6.07) is 0. The Morgan fingerprint density at radius 3 is 2.36 bits per heavy atom. The molecule has 0 amide bonds. The van der Waals surface area contributed by atoms with Gasteiger partial charge in [0.2, 0.25) is 0 Å². The molecule has 0 heterocycles. The highest BCUT2D eigenvalue weighted by molar-refractivity contribution is 5.09. The lowest BCUT2D eigenvalue weighted by molar-refractivity contribution is 0.0615. The highest BCUT2D eigenvalue weighted by Gasteiger charge is 2.43. The Morgan fingerprint density at radius 1 is 0.909 bits per heavy atom. The molecule has 0 heteroatoms. The number of rotatable bonds is 0. The van der Waals surface area contributed by atoms with Gasteiger partial charge in [-0.2, -0.15) is 0 Å². The molecular formula is C11H16. The van der Waals surface area contributed by atoms with E-state index in [2.05, 4.69) is 12.2 Å². The van der Waals surface area contributed by atoms with Gasteiger partial charge in [-0.05, 0) is 55.8 Å². The zero-order valence-corrected chi connectivity index (χ0v) is 7.00. The Balaban J connectivity index is 1.93. The summed E-state index contributed by atoms with van der Waals surface area (Å²) in [5.41, 5.74) is 0. The van der Waals surface area contributed by atoms with Crippen molar-refractivity contribution in [1.82, 2.24) is 0 Å². The molecule has 0 aromatic heterocycles. The Bertz CT molecular complexity index is 184. The second kappa shape index (κ2) is 2.12. The van der Waals surface area contributed by atoms with Crippen molar-refractivity contribution in [3.05, 3.63) is 12.2 Å². The number of fused-ring (bicyclic) bond motifs is 2. The first-order chi connectivity index (χ1) is 5.45. The summed E-state index contributed by atoms with van der Waals surface area (Å²) in [4.78, 5) is 0. The van der Waals surface area contributed by atoms with Crippen LogP contribution in [0.2, 0.25) is 0 Å². The third kappa shape index (κ3) is 0.758. The van der Waals surface area contributed by atoms with E-state index in [1.165, 1.54) is 19.3 Å². The molecule has 0 aliphatic heterocycles. The largest absolute Gasteiger partial charge is 0.0879 e. The molecule has 0 nitrogen and oxygen atoms in total. The fourth-order valence-electron chi connectivity index (χ4n) is 3.66. The average molecular weight is 148 g/mol. The topological polar surface area (TPSA) is 0 Å². The van der Waals surface area contributed by atoms with E-state index in [9.17, 15) is 0 Å². The summed E-state index contributed by atoms with van der Waals surface area (Å²) >= 11 is 0. The zero-order chi connectivity index (χ0) is 7.26. The predicted molar refractivity (Wildman–Crippen MR) is 46.2 cm³/mol. The molecular weight excluding hydrogens is 132 g/mol. The van der Waals surface area contributed by atoms with Crippen molar-refractivity contribution in [1.29, 1.82) is 0 Å². The van der Waals surface area contributed by atoms with Crippen molar-refractivity contribution < 1.29 is 0 Å². The van der Waals surface area contributed by atoms with Crippen molar-refractivity contribution >= 4 is 0 Å². The molecule has 0 radical (unpaired) electrons. The van der Waals surface area contributed by atoms with Crippen molar-refractivity contribution in [2.75, 3.05) is 0 Å². The molecule has 2 bridgehead atoms. The maximum atomic E-state index is 2.51. The SMILES string of the molecule is C1=CC2C(C1)[C@H]1CC[C@@H]2CC1. The zero-order valence-electron chi connectivity index (χ0n) is 7.00. The summed E-state index contributed by atoms with van der Waals surface area (Å²) in [6.45, 7) is 0. The lowest BCUT2D eigenvalue weighted by Gasteiger charge is -2.45. The average Bonchev–Trinajstić information content (AvgIpc) is 2.55. The third-order valence-corrected chi connectivity index (χ3v) is 4.23. The van der Waals surface area contributed by atoms with E-state index in [-0.39, 0.29) is 0 Å². The van der Waals surface area contributed by atoms with E-state index >= 15 is 0 Å². The third-order valence-electron chi connectivity index (χ3n) is 4.23. The maximum absolute atomic E-state index is 2.51. The highest BCUT2D eigenvalue weighted by Crippen LogP contribution is 2.52. The second-order valence-electron chi connectivity index (χ2n) is 4.58. The minimum absolute atomic E-state index is 1.02. The molecule has 4 aliphatic carbocycles. The van der Waals surface area contributed by atoms with Gasteiger partial charge in [0.25, 0.3) is 0 Å². The molecule has 0 saturated heterocycles. The van der Waals surface area contributed by atoms with E-state index in [1.807, 2.05) is 0 Å². The van der Waals surface area contributed by atoms with E-state index in [4.69, 9.17) is 0 Å². The molecule has 0 N–H and O–H groups in total. The van der Waals surface area contributed by atoms with Crippen molar-refractivity contribution in [3.8, 4) is 0 Å². The van der Waals surface area contributed by atoms with Gasteiger partial charge in [0.05, 0.1) is 0 Å². The Labute approximate surface area is 68.7 Å². The standard InChI is InChI=1S/C11H16/c1-2-10-8-4-6-9(7-5-8)11(10)3-1/h1-2,8-11H,3-7H2/t8-,9+,10?,11?. The van der Waals surface area contributed by atoms with Gasteiger partial charge < -0.3 is 0 Å². The smallest absolute Gasteiger partial charge is 0.0171 e. The van der Waals surface area contributed by atoms with Gasteiger partial charge in [-0.25, -0.2) is 0 Å². The fourth-order valence-corrected chi connectivity index (χ4v) is 3.66. The first-order valence-corrected chi connectivity index (χ1v) is 5.12. The van der Waals surface area contributed by atoms with Gasteiger partial charge in [-0.1, -0.05) is 12.2 Å². The van der Waals surface area contributed by atoms with Gasteiger partial charge in [-0.3, -0.25) is 0 Å². The Hall–Kier alpha value is -0.260. The van der Waals surface area contributed by atoms with E-state index < -0.39 is 0 Å². The first-order valence-electron chi connectivity index (χ1n) is 5.12. The molecule has 0 spiro atoms. The number of hydrogen-bond donors (Lipinski definition) is 0. The van der Waals surface area contributed by atoms with Gasteiger partial charge in [-0.15, -0.1) is 0 Å². The van der Waals surface area contributed by atoms with Crippen LogP contribution in [-0.4, -0.2) is 0 Å². The number of hydrogen-bond acceptors (Lipinski definition) is 0. The van der Waals surface area contributed by atoms with Crippen LogP contribution in [0.1, 0.15) is 32.1 Å². The molecule has 3 saturated carbocycles. The quantitative estimate of drug-likeness (QED) is 0.463. The van der Waals surface area contributed by atoms with Crippen LogP contribution in [-0.2, 0) is 0 Å². The molecule has 60 valence electrons. The Morgan fingerprint density at radius 2 is 1.64 bits per heavy atom. The van der Waals surface area contributed by atoms with Crippen LogP contribution in [0.3, 0.4) is 0 Å². The summed E-state index contributed by atoms with van der Waals surface area (Å²) in [5, 5.41) is 0. The van der Waals surface area contributed by atoms with Crippen LogP contribution in [0.25, 0.3) is 0 Å². The molecule has 4 rings (SSSR count). The van der Waals surface area contributed by atoms with Crippen LogP contribution < -0.4 is 0 Å². The molecule has 4 aliphatic rings. The molecule has 2 unspecified atom stereocenters. The summed E-state index contributed by atoms with van der Waals surface area (Å²) < 4.78 is 0. The van der Waals surface area contributed by atoms with Crippen molar-refractivity contribution in [2.24, 2.45) is 23.7 Å². The first kappa shape index (κ1) is 6.28. The minimum Gasteiger partial charge on any atom is -0.0879 e. The van der Waals surface area contributed by atoms with Crippen molar-refractivity contribution in [3.63, 3.8) is 0 Å². The van der Waals surface area contributed by atoms with Crippen LogP contribution in [0.5, 0.6) is 0 Å². The van der Waals surface area contributed by atoms with E-state index in [0.717, 1.165) is 23.7 Å². The monoisotopic (exact) mass is 148 g/mol. The van der Waals surface area contributed by atoms with Crippen molar-refractivity contribution in [2.45, 2.75) is 32.1 Å².